The van der Waals surface area contributed by atoms with Gasteiger partial charge in [0.25, 0.3) is 5.91 Å². The van der Waals surface area contributed by atoms with E-state index in [2.05, 4.69) is 20.5 Å². The maximum Gasteiger partial charge on any atom is 0.273 e. The third-order valence-electron chi connectivity index (χ3n) is 4.90. The third-order valence-corrected chi connectivity index (χ3v) is 4.90. The molecule has 120 valence electrons. The molecule has 4 rings (SSSR count). The van der Waals surface area contributed by atoms with Crippen molar-refractivity contribution >= 4 is 5.91 Å². The van der Waals surface area contributed by atoms with Gasteiger partial charge in [-0.1, -0.05) is 23.4 Å². The van der Waals surface area contributed by atoms with Crippen LogP contribution in [0.25, 0.3) is 5.69 Å². The van der Waals surface area contributed by atoms with Crippen LogP contribution >= 0.6 is 0 Å². The number of hydrogen-bond acceptors (Lipinski definition) is 4. The number of nitrogens with zero attached hydrogens (tertiary/aromatic N) is 4. The second-order valence-corrected chi connectivity index (χ2v) is 6.35. The van der Waals surface area contributed by atoms with Crippen LogP contribution in [0.3, 0.4) is 0 Å². The molecule has 2 atom stereocenters. The molecule has 1 N–H and O–H groups in total. The smallest absolute Gasteiger partial charge is 0.273 e. The minimum absolute atomic E-state index is 0.120. The van der Waals surface area contributed by atoms with E-state index in [1.165, 1.54) is 25.9 Å². The highest BCUT2D eigenvalue weighted by Gasteiger charge is 2.35. The highest BCUT2D eigenvalue weighted by atomic mass is 16.2. The zero-order valence-corrected chi connectivity index (χ0v) is 13.1. The Balaban J connectivity index is 1.46. The lowest BCUT2D eigenvalue weighted by molar-refractivity contribution is 0.0863. The fraction of sp³-hybridized carbons (Fsp3) is 0.471. The van der Waals surface area contributed by atoms with E-state index in [1.54, 1.807) is 10.9 Å². The van der Waals surface area contributed by atoms with Gasteiger partial charge in [-0.05, 0) is 50.9 Å². The fourth-order valence-corrected chi connectivity index (χ4v) is 3.78. The SMILES string of the molecule is O=C(N[C@H]1CCCN2CCC[C@@H]12)c1cn(-c2ccccc2)nn1. The van der Waals surface area contributed by atoms with Crippen LogP contribution in [0.1, 0.15) is 36.2 Å². The van der Waals surface area contributed by atoms with Gasteiger partial charge < -0.3 is 5.32 Å². The van der Waals surface area contributed by atoms with Gasteiger partial charge in [-0.2, -0.15) is 0 Å². The first-order valence-corrected chi connectivity index (χ1v) is 8.34. The quantitative estimate of drug-likeness (QED) is 0.936. The molecule has 0 bridgehead atoms. The van der Waals surface area contributed by atoms with Crippen LogP contribution in [0.2, 0.25) is 0 Å². The largest absolute Gasteiger partial charge is 0.346 e. The summed E-state index contributed by atoms with van der Waals surface area (Å²) in [7, 11) is 0. The van der Waals surface area contributed by atoms with Crippen molar-refractivity contribution in [2.75, 3.05) is 13.1 Å². The van der Waals surface area contributed by atoms with E-state index in [4.69, 9.17) is 0 Å². The summed E-state index contributed by atoms with van der Waals surface area (Å²) < 4.78 is 1.64. The maximum absolute atomic E-state index is 12.5. The summed E-state index contributed by atoms with van der Waals surface area (Å²) in [5.74, 6) is -0.120. The van der Waals surface area contributed by atoms with Gasteiger partial charge in [0.2, 0.25) is 0 Å². The van der Waals surface area contributed by atoms with Crippen LogP contribution in [0, 0.1) is 0 Å². The predicted molar refractivity (Wildman–Crippen MR) is 86.4 cm³/mol. The second kappa shape index (κ2) is 6.12. The Morgan fingerprint density at radius 3 is 2.74 bits per heavy atom. The summed E-state index contributed by atoms with van der Waals surface area (Å²) in [6.45, 7) is 2.34. The lowest BCUT2D eigenvalue weighted by atomic mass is 9.96. The molecule has 1 aromatic heterocycles. The molecule has 0 aliphatic carbocycles. The third kappa shape index (κ3) is 2.86. The zero-order chi connectivity index (χ0) is 15.6. The molecular formula is C17H21N5O. The number of amides is 1. The lowest BCUT2D eigenvalue weighted by Gasteiger charge is -2.36. The molecule has 2 fully saturated rings. The van der Waals surface area contributed by atoms with Gasteiger partial charge in [-0.25, -0.2) is 4.68 Å². The molecule has 0 saturated carbocycles. The van der Waals surface area contributed by atoms with Gasteiger partial charge in [-0.3, -0.25) is 9.69 Å². The summed E-state index contributed by atoms with van der Waals surface area (Å²) in [5.41, 5.74) is 1.28. The topological polar surface area (TPSA) is 63.1 Å². The van der Waals surface area contributed by atoms with Crippen LogP contribution in [0.15, 0.2) is 36.5 Å². The summed E-state index contributed by atoms with van der Waals surface area (Å²) in [5, 5.41) is 11.3. The number of para-hydroxylation sites is 1. The molecular weight excluding hydrogens is 290 g/mol. The Morgan fingerprint density at radius 2 is 1.91 bits per heavy atom. The van der Waals surface area contributed by atoms with Crippen molar-refractivity contribution in [1.29, 1.82) is 0 Å². The van der Waals surface area contributed by atoms with Gasteiger partial charge in [0.15, 0.2) is 5.69 Å². The molecule has 0 unspecified atom stereocenters. The number of piperidine rings is 1. The fourth-order valence-electron chi connectivity index (χ4n) is 3.78. The van der Waals surface area contributed by atoms with E-state index in [1.807, 2.05) is 30.3 Å². The molecule has 2 aliphatic heterocycles. The van der Waals surface area contributed by atoms with Crippen molar-refractivity contribution in [3.05, 3.63) is 42.2 Å². The molecule has 2 aromatic rings. The van der Waals surface area contributed by atoms with Crippen LogP contribution in [-0.2, 0) is 0 Å². The predicted octanol–water partition coefficient (Wildman–Crippen LogP) is 1.62. The average Bonchev–Trinajstić information content (AvgIpc) is 3.25. The van der Waals surface area contributed by atoms with Crippen molar-refractivity contribution in [2.24, 2.45) is 0 Å². The number of hydrogen-bond donors (Lipinski definition) is 1. The molecule has 6 heteroatoms. The Morgan fingerprint density at radius 1 is 1.13 bits per heavy atom. The number of benzene rings is 1. The Bertz CT molecular complexity index is 683. The summed E-state index contributed by atoms with van der Waals surface area (Å²) in [6.07, 6.45) is 6.32. The Labute approximate surface area is 135 Å². The van der Waals surface area contributed by atoms with E-state index >= 15 is 0 Å². The monoisotopic (exact) mass is 311 g/mol. The molecule has 0 spiro atoms. The number of aromatic nitrogens is 3. The number of rotatable bonds is 3. The van der Waals surface area contributed by atoms with E-state index in [0.29, 0.717) is 11.7 Å². The normalized spacial score (nSPS) is 24.3. The van der Waals surface area contributed by atoms with Crippen LogP contribution in [0.4, 0.5) is 0 Å². The van der Waals surface area contributed by atoms with E-state index in [-0.39, 0.29) is 11.9 Å². The minimum Gasteiger partial charge on any atom is -0.346 e. The molecule has 23 heavy (non-hydrogen) atoms. The minimum atomic E-state index is -0.120. The van der Waals surface area contributed by atoms with Gasteiger partial charge in [0.1, 0.15) is 0 Å². The van der Waals surface area contributed by atoms with E-state index in [9.17, 15) is 4.79 Å². The van der Waals surface area contributed by atoms with Crippen LogP contribution in [0.5, 0.6) is 0 Å². The molecule has 0 radical (unpaired) electrons. The number of fused-ring (bicyclic) bond motifs is 1. The van der Waals surface area contributed by atoms with Crippen molar-refractivity contribution in [2.45, 2.75) is 37.8 Å². The van der Waals surface area contributed by atoms with Crippen LogP contribution < -0.4 is 5.32 Å². The first-order valence-electron chi connectivity index (χ1n) is 8.34. The summed E-state index contributed by atoms with van der Waals surface area (Å²) in [6, 6.07) is 10.4. The van der Waals surface area contributed by atoms with Gasteiger partial charge >= 0.3 is 0 Å². The lowest BCUT2D eigenvalue weighted by Crippen LogP contribution is -2.52. The zero-order valence-electron chi connectivity index (χ0n) is 13.1. The second-order valence-electron chi connectivity index (χ2n) is 6.35. The van der Waals surface area contributed by atoms with Crippen LogP contribution in [-0.4, -0.2) is 51.0 Å². The molecule has 2 aliphatic rings. The Kier molecular flexibility index (Phi) is 3.83. The van der Waals surface area contributed by atoms with Crippen molar-refractivity contribution in [1.82, 2.24) is 25.2 Å². The average molecular weight is 311 g/mol. The van der Waals surface area contributed by atoms with Gasteiger partial charge in [0.05, 0.1) is 11.9 Å². The highest BCUT2D eigenvalue weighted by Crippen LogP contribution is 2.27. The number of carbonyl (C=O) groups excluding carboxylic acids is 1. The first-order chi connectivity index (χ1) is 11.3. The highest BCUT2D eigenvalue weighted by molar-refractivity contribution is 5.92. The standard InChI is InChI=1S/C17H21N5O/c23-17(18-14-8-4-10-21-11-5-9-16(14)21)15-12-22(20-19-15)13-6-2-1-3-7-13/h1-3,6-7,12,14,16H,4-5,8-11H2,(H,18,23)/t14-,16-/m0/s1. The number of nitrogens with one attached hydrogen (secondary N) is 1. The first kappa shape index (κ1) is 14.4. The maximum atomic E-state index is 12.5. The molecule has 1 aromatic carbocycles. The van der Waals surface area contributed by atoms with E-state index in [0.717, 1.165) is 18.5 Å². The van der Waals surface area contributed by atoms with Crippen molar-refractivity contribution < 1.29 is 4.79 Å². The summed E-state index contributed by atoms with van der Waals surface area (Å²) >= 11 is 0. The Hall–Kier alpha value is -2.21. The van der Waals surface area contributed by atoms with E-state index < -0.39 is 0 Å². The van der Waals surface area contributed by atoms with Crippen molar-refractivity contribution in [3.8, 4) is 5.69 Å². The summed E-state index contributed by atoms with van der Waals surface area (Å²) in [4.78, 5) is 15.0. The van der Waals surface area contributed by atoms with Crippen molar-refractivity contribution in [3.63, 3.8) is 0 Å². The van der Waals surface area contributed by atoms with Gasteiger partial charge in [-0.15, -0.1) is 5.10 Å². The van der Waals surface area contributed by atoms with Gasteiger partial charge in [0, 0.05) is 12.1 Å². The molecule has 1 amide bonds. The number of carbonyl (C=O) groups is 1. The molecule has 2 saturated heterocycles. The molecule has 3 heterocycles. The molecule has 6 nitrogen and oxygen atoms in total.